The van der Waals surface area contributed by atoms with Crippen molar-refractivity contribution in [3.05, 3.63) is 77.0 Å². The number of benzene rings is 2. The first-order valence-corrected chi connectivity index (χ1v) is 10.9. The van der Waals surface area contributed by atoms with Crippen LogP contribution in [-0.4, -0.2) is 40.1 Å². The van der Waals surface area contributed by atoms with E-state index >= 15 is 0 Å². The van der Waals surface area contributed by atoms with E-state index in [1.807, 2.05) is 0 Å². The highest BCUT2D eigenvalue weighted by Gasteiger charge is 2.37. The lowest BCUT2D eigenvalue weighted by atomic mass is 9.99. The van der Waals surface area contributed by atoms with Crippen LogP contribution in [-0.2, 0) is 35.0 Å². The number of rotatable bonds is 6. The minimum Gasteiger partial charge on any atom is -0.481 e. The molecule has 7 nitrogen and oxygen atoms in total. The van der Waals surface area contributed by atoms with Crippen molar-refractivity contribution in [3.63, 3.8) is 0 Å². The second-order valence-corrected chi connectivity index (χ2v) is 8.27. The van der Waals surface area contributed by atoms with E-state index in [0.29, 0.717) is 28.8 Å². The van der Waals surface area contributed by atoms with Gasteiger partial charge in [-0.15, -0.1) is 0 Å². The summed E-state index contributed by atoms with van der Waals surface area (Å²) in [5.41, 5.74) is -2.20. The third-order valence-corrected chi connectivity index (χ3v) is 5.60. The predicted octanol–water partition coefficient (Wildman–Crippen LogP) is 5.17. The first-order chi connectivity index (χ1) is 17.8. The molecule has 0 unspecified atom stereocenters. The number of amides is 1. The molecular weight excluding hydrogens is 522 g/mol. The van der Waals surface area contributed by atoms with E-state index in [0.717, 1.165) is 4.90 Å². The zero-order valence-corrected chi connectivity index (χ0v) is 19.3. The van der Waals surface area contributed by atoms with Crippen molar-refractivity contribution in [2.45, 2.75) is 25.4 Å². The second kappa shape index (κ2) is 10.2. The molecule has 1 aromatic heterocycles. The SMILES string of the molecule is O=C(O)COc1ccccc1-c1ccnc2c1CN(Cc1cc(C(F)(F)F)cc(C(F)(F)F)c1)C(=O)CO2. The molecule has 0 fully saturated rings. The molecule has 200 valence electrons. The minimum atomic E-state index is -5.04. The molecule has 0 saturated carbocycles. The summed E-state index contributed by atoms with van der Waals surface area (Å²) >= 11 is 0. The Kier molecular flexibility index (Phi) is 7.20. The maximum atomic E-state index is 13.3. The van der Waals surface area contributed by atoms with Crippen LogP contribution in [0.4, 0.5) is 26.3 Å². The summed E-state index contributed by atoms with van der Waals surface area (Å²) < 4.78 is 90.8. The second-order valence-electron chi connectivity index (χ2n) is 8.27. The number of aromatic nitrogens is 1. The van der Waals surface area contributed by atoms with E-state index in [9.17, 15) is 35.9 Å². The van der Waals surface area contributed by atoms with Crippen LogP contribution in [0, 0.1) is 0 Å². The fraction of sp³-hybridized carbons (Fsp3) is 0.240. The number of carboxylic acids is 1. The van der Waals surface area contributed by atoms with E-state index in [4.69, 9.17) is 14.6 Å². The van der Waals surface area contributed by atoms with Gasteiger partial charge in [0.1, 0.15) is 5.75 Å². The molecule has 0 spiro atoms. The smallest absolute Gasteiger partial charge is 0.416 e. The van der Waals surface area contributed by atoms with Gasteiger partial charge in [0.2, 0.25) is 5.88 Å². The number of ether oxygens (including phenoxy) is 2. The highest BCUT2D eigenvalue weighted by Crippen LogP contribution is 2.39. The van der Waals surface area contributed by atoms with Crippen LogP contribution in [0.1, 0.15) is 22.3 Å². The van der Waals surface area contributed by atoms with Crippen LogP contribution in [0.15, 0.2) is 54.7 Å². The lowest BCUT2D eigenvalue weighted by molar-refractivity contribution is -0.143. The Balaban J connectivity index is 1.73. The predicted molar refractivity (Wildman–Crippen MR) is 119 cm³/mol. The number of fused-ring (bicyclic) bond motifs is 1. The number of para-hydroxylation sites is 1. The molecule has 0 radical (unpaired) electrons. The summed E-state index contributed by atoms with van der Waals surface area (Å²) in [5.74, 6) is -1.67. The lowest BCUT2D eigenvalue weighted by Crippen LogP contribution is -2.32. The fourth-order valence-corrected chi connectivity index (χ4v) is 3.93. The van der Waals surface area contributed by atoms with Crippen LogP contribution in [0.25, 0.3) is 11.1 Å². The Morgan fingerprint density at radius 2 is 1.66 bits per heavy atom. The van der Waals surface area contributed by atoms with E-state index in [1.165, 1.54) is 12.3 Å². The first kappa shape index (κ1) is 26.8. The Hall–Kier alpha value is -4.29. The van der Waals surface area contributed by atoms with Crippen LogP contribution in [0.5, 0.6) is 11.6 Å². The molecule has 1 aliphatic heterocycles. The average Bonchev–Trinajstić information content (AvgIpc) is 3.00. The van der Waals surface area contributed by atoms with Gasteiger partial charge < -0.3 is 19.5 Å². The Morgan fingerprint density at radius 3 is 2.29 bits per heavy atom. The van der Waals surface area contributed by atoms with Gasteiger partial charge in [-0.1, -0.05) is 18.2 Å². The number of nitrogens with zero attached hydrogens (tertiary/aromatic N) is 2. The fourth-order valence-electron chi connectivity index (χ4n) is 3.93. The van der Waals surface area contributed by atoms with Gasteiger partial charge in [0.05, 0.1) is 17.7 Å². The lowest BCUT2D eigenvalue weighted by Gasteiger charge is -2.23. The van der Waals surface area contributed by atoms with Crippen molar-refractivity contribution in [1.29, 1.82) is 0 Å². The van der Waals surface area contributed by atoms with Gasteiger partial charge in [-0.2, -0.15) is 26.3 Å². The molecule has 2 heterocycles. The van der Waals surface area contributed by atoms with E-state index in [1.54, 1.807) is 24.3 Å². The largest absolute Gasteiger partial charge is 0.481 e. The summed E-state index contributed by atoms with van der Waals surface area (Å²) in [4.78, 5) is 28.9. The molecule has 13 heteroatoms. The third kappa shape index (κ3) is 5.98. The van der Waals surface area contributed by atoms with Gasteiger partial charge in [-0.3, -0.25) is 4.79 Å². The number of hydrogen-bond donors (Lipinski definition) is 1. The van der Waals surface area contributed by atoms with Gasteiger partial charge in [-0.05, 0) is 41.5 Å². The van der Waals surface area contributed by atoms with Crippen LogP contribution >= 0.6 is 0 Å². The molecular formula is C25H18F6N2O5. The molecule has 0 atom stereocenters. The Labute approximate surface area is 211 Å². The summed E-state index contributed by atoms with van der Waals surface area (Å²) in [6.45, 7) is -2.02. The number of carbonyl (C=O) groups is 2. The van der Waals surface area contributed by atoms with Crippen LogP contribution in [0.3, 0.4) is 0 Å². The molecule has 4 rings (SSSR count). The van der Waals surface area contributed by atoms with Crippen molar-refractivity contribution >= 4 is 11.9 Å². The molecule has 0 bridgehead atoms. The molecule has 0 saturated heterocycles. The van der Waals surface area contributed by atoms with Crippen LogP contribution < -0.4 is 9.47 Å². The van der Waals surface area contributed by atoms with Crippen molar-refractivity contribution in [2.24, 2.45) is 0 Å². The number of hydrogen-bond acceptors (Lipinski definition) is 5. The van der Waals surface area contributed by atoms with E-state index in [2.05, 4.69) is 4.98 Å². The molecule has 3 aromatic rings. The average molecular weight is 540 g/mol. The van der Waals surface area contributed by atoms with Crippen molar-refractivity contribution in [1.82, 2.24) is 9.88 Å². The molecule has 38 heavy (non-hydrogen) atoms. The van der Waals surface area contributed by atoms with Crippen molar-refractivity contribution in [2.75, 3.05) is 13.2 Å². The summed E-state index contributed by atoms with van der Waals surface area (Å²) in [6, 6.07) is 9.09. The monoisotopic (exact) mass is 540 g/mol. The Morgan fingerprint density at radius 1 is 1.00 bits per heavy atom. The normalized spacial score (nSPS) is 13.9. The third-order valence-electron chi connectivity index (χ3n) is 5.60. The molecule has 1 amide bonds. The number of pyridine rings is 1. The number of alkyl halides is 6. The van der Waals surface area contributed by atoms with Crippen LogP contribution in [0.2, 0.25) is 0 Å². The van der Waals surface area contributed by atoms with Gasteiger partial charge in [0, 0.05) is 23.9 Å². The molecule has 1 N–H and O–H groups in total. The highest BCUT2D eigenvalue weighted by atomic mass is 19.4. The number of aliphatic carboxylic acids is 1. The number of carbonyl (C=O) groups excluding carboxylic acids is 1. The Bertz CT molecular complexity index is 1340. The van der Waals surface area contributed by atoms with Gasteiger partial charge in [0.15, 0.2) is 13.2 Å². The highest BCUT2D eigenvalue weighted by molar-refractivity contribution is 5.81. The number of halogens is 6. The molecule has 2 aromatic carbocycles. The number of carboxylic acid groups (broad SMARTS) is 1. The van der Waals surface area contributed by atoms with Crippen molar-refractivity contribution < 1.29 is 50.5 Å². The zero-order chi connectivity index (χ0) is 27.7. The molecule has 0 aliphatic carbocycles. The summed E-state index contributed by atoms with van der Waals surface area (Å²) in [6.07, 6.45) is -8.69. The molecule has 1 aliphatic rings. The summed E-state index contributed by atoms with van der Waals surface area (Å²) in [7, 11) is 0. The van der Waals surface area contributed by atoms with Gasteiger partial charge in [0.25, 0.3) is 5.91 Å². The van der Waals surface area contributed by atoms with E-state index < -0.39 is 55.1 Å². The maximum Gasteiger partial charge on any atom is 0.416 e. The first-order valence-electron chi connectivity index (χ1n) is 10.9. The van der Waals surface area contributed by atoms with Gasteiger partial charge >= 0.3 is 18.3 Å². The zero-order valence-electron chi connectivity index (χ0n) is 19.3. The van der Waals surface area contributed by atoms with E-state index in [-0.39, 0.29) is 29.8 Å². The van der Waals surface area contributed by atoms with Crippen molar-refractivity contribution in [3.8, 4) is 22.8 Å². The van der Waals surface area contributed by atoms with Gasteiger partial charge in [-0.25, -0.2) is 9.78 Å². The standard InChI is InChI=1S/C25H18F6N2O5/c26-24(27,28)15-7-14(8-16(9-15)25(29,30)31)10-33-11-19-17(5-6-32-23(19)38-12-21(33)34)18-3-1-2-4-20(18)37-13-22(35)36/h1-9H,10-13H2,(H,35,36). The topological polar surface area (TPSA) is 89.0 Å². The maximum absolute atomic E-state index is 13.3. The summed E-state index contributed by atoms with van der Waals surface area (Å²) in [5, 5.41) is 8.97. The quantitative estimate of drug-likeness (QED) is 0.434. The minimum absolute atomic E-state index is 0.0161.